The first kappa shape index (κ1) is 13.5. The van der Waals surface area contributed by atoms with Crippen molar-refractivity contribution in [1.29, 1.82) is 0 Å². The Bertz CT molecular complexity index is 471. The van der Waals surface area contributed by atoms with E-state index in [4.69, 9.17) is 4.74 Å². The summed E-state index contributed by atoms with van der Waals surface area (Å²) in [6, 6.07) is 1.07. The van der Waals surface area contributed by atoms with Crippen molar-refractivity contribution in [2.24, 2.45) is 7.05 Å². The number of aryl methyl sites for hydroxylation is 1. The topological polar surface area (TPSA) is 76.5 Å². The summed E-state index contributed by atoms with van der Waals surface area (Å²) in [5.41, 5.74) is 0.469. The lowest BCUT2D eigenvalue weighted by atomic mass is 10.1. The second-order valence-corrected chi connectivity index (χ2v) is 4.31. The normalized spacial score (nSPS) is 19.3. The quantitative estimate of drug-likeness (QED) is 0.739. The molecule has 0 radical (unpaired) electrons. The van der Waals surface area contributed by atoms with Crippen LogP contribution in [0.4, 0.5) is 0 Å². The highest BCUT2D eigenvalue weighted by Gasteiger charge is 2.34. The van der Waals surface area contributed by atoms with Gasteiger partial charge < -0.3 is 15.0 Å². The molecule has 1 fully saturated rings. The van der Waals surface area contributed by atoms with Crippen molar-refractivity contribution in [1.82, 2.24) is 20.0 Å². The van der Waals surface area contributed by atoms with Gasteiger partial charge in [-0.3, -0.25) is 9.48 Å². The molecule has 1 atom stereocenters. The molecule has 0 aromatic carbocycles. The van der Waals surface area contributed by atoms with Crippen LogP contribution in [0.5, 0.6) is 0 Å². The fraction of sp³-hybridized carbons (Fsp3) is 0.583. The van der Waals surface area contributed by atoms with E-state index in [-0.39, 0.29) is 11.9 Å². The zero-order valence-corrected chi connectivity index (χ0v) is 11.1. The fourth-order valence-electron chi connectivity index (χ4n) is 2.13. The van der Waals surface area contributed by atoms with Gasteiger partial charge in [0.05, 0.1) is 6.61 Å². The van der Waals surface area contributed by atoms with Crippen molar-refractivity contribution in [3.8, 4) is 0 Å². The van der Waals surface area contributed by atoms with Crippen LogP contribution in [0, 0.1) is 0 Å². The third-order valence-electron chi connectivity index (χ3n) is 3.10. The van der Waals surface area contributed by atoms with Crippen LogP contribution in [-0.2, 0) is 16.6 Å². The minimum absolute atomic E-state index is 0.195. The second kappa shape index (κ2) is 5.83. The molecule has 0 aliphatic carbocycles. The number of carbonyl (C=O) groups excluding carboxylic acids is 2. The van der Waals surface area contributed by atoms with Crippen LogP contribution >= 0.6 is 0 Å². The van der Waals surface area contributed by atoms with Gasteiger partial charge in [0.2, 0.25) is 0 Å². The van der Waals surface area contributed by atoms with Crippen LogP contribution in [0.1, 0.15) is 17.4 Å². The third kappa shape index (κ3) is 2.76. The van der Waals surface area contributed by atoms with Crippen molar-refractivity contribution in [2.75, 3.05) is 26.2 Å². The molecule has 1 N–H and O–H groups in total. The Hall–Kier alpha value is -1.89. The first-order valence-corrected chi connectivity index (χ1v) is 6.31. The van der Waals surface area contributed by atoms with E-state index in [9.17, 15) is 9.59 Å². The molecule has 7 nitrogen and oxygen atoms in total. The molecule has 1 aliphatic rings. The van der Waals surface area contributed by atoms with Crippen LogP contribution < -0.4 is 5.32 Å². The minimum atomic E-state index is -0.573. The summed E-state index contributed by atoms with van der Waals surface area (Å²) >= 11 is 0. The Balaban J connectivity index is 2.18. The van der Waals surface area contributed by atoms with Crippen LogP contribution in [0.25, 0.3) is 0 Å². The van der Waals surface area contributed by atoms with Gasteiger partial charge in [-0.05, 0) is 13.0 Å². The predicted octanol–water partition coefficient (Wildman–Crippen LogP) is -0.603. The molecule has 1 aromatic heterocycles. The summed E-state index contributed by atoms with van der Waals surface area (Å²) < 4.78 is 6.52. The highest BCUT2D eigenvalue weighted by molar-refractivity contribution is 5.95. The zero-order valence-electron chi connectivity index (χ0n) is 11.1. The molecule has 1 amide bonds. The Labute approximate surface area is 111 Å². The first-order valence-electron chi connectivity index (χ1n) is 6.31. The van der Waals surface area contributed by atoms with E-state index < -0.39 is 6.04 Å². The highest BCUT2D eigenvalue weighted by Crippen LogP contribution is 2.11. The van der Waals surface area contributed by atoms with Gasteiger partial charge in [0, 0.05) is 32.9 Å². The lowest BCUT2D eigenvalue weighted by Crippen LogP contribution is -2.57. The minimum Gasteiger partial charge on any atom is -0.464 e. The number of piperazine rings is 1. The molecule has 1 unspecified atom stereocenters. The highest BCUT2D eigenvalue weighted by atomic mass is 16.5. The predicted molar refractivity (Wildman–Crippen MR) is 67.5 cm³/mol. The SMILES string of the molecule is CCOC(=O)C1CNCCN1C(=O)c1ccnn1C. The molecule has 0 bridgehead atoms. The summed E-state index contributed by atoms with van der Waals surface area (Å²) in [6.45, 7) is 3.62. The maximum Gasteiger partial charge on any atom is 0.330 e. The molecular formula is C12H18N4O3. The van der Waals surface area contributed by atoms with Crippen LogP contribution in [0.2, 0.25) is 0 Å². The van der Waals surface area contributed by atoms with Gasteiger partial charge in [-0.1, -0.05) is 0 Å². The summed E-state index contributed by atoms with van der Waals surface area (Å²) in [7, 11) is 1.70. The summed E-state index contributed by atoms with van der Waals surface area (Å²) in [5, 5.41) is 7.08. The third-order valence-corrected chi connectivity index (χ3v) is 3.10. The largest absolute Gasteiger partial charge is 0.464 e. The van der Waals surface area contributed by atoms with E-state index in [1.165, 1.54) is 4.68 Å². The second-order valence-electron chi connectivity index (χ2n) is 4.31. The standard InChI is InChI=1S/C12H18N4O3/c1-3-19-12(18)10-8-13-6-7-16(10)11(17)9-4-5-14-15(9)2/h4-5,10,13H,3,6-8H2,1-2H3. The number of ether oxygens (including phenoxy) is 1. The fourth-order valence-corrected chi connectivity index (χ4v) is 2.13. The summed E-state index contributed by atoms with van der Waals surface area (Å²) in [4.78, 5) is 25.9. The molecule has 2 heterocycles. The first-order chi connectivity index (χ1) is 9.15. The van der Waals surface area contributed by atoms with Crippen LogP contribution in [0.3, 0.4) is 0 Å². The number of esters is 1. The van der Waals surface area contributed by atoms with Gasteiger partial charge >= 0.3 is 5.97 Å². The van der Waals surface area contributed by atoms with Crippen molar-refractivity contribution >= 4 is 11.9 Å². The van der Waals surface area contributed by atoms with E-state index in [0.717, 1.165) is 0 Å². The summed E-state index contributed by atoms with van der Waals surface area (Å²) in [5.74, 6) is -0.565. The van der Waals surface area contributed by atoms with E-state index >= 15 is 0 Å². The lowest BCUT2D eigenvalue weighted by Gasteiger charge is -2.34. The number of nitrogens with zero attached hydrogens (tertiary/aromatic N) is 3. The molecule has 1 aliphatic heterocycles. The molecule has 1 saturated heterocycles. The van der Waals surface area contributed by atoms with Gasteiger partial charge in [-0.2, -0.15) is 5.10 Å². The van der Waals surface area contributed by atoms with Gasteiger partial charge in [-0.25, -0.2) is 4.79 Å². The summed E-state index contributed by atoms with van der Waals surface area (Å²) in [6.07, 6.45) is 1.56. The molecule has 104 valence electrons. The molecular weight excluding hydrogens is 248 g/mol. The number of hydrogen-bond donors (Lipinski definition) is 1. The van der Waals surface area contributed by atoms with Crippen molar-refractivity contribution < 1.29 is 14.3 Å². The van der Waals surface area contributed by atoms with Crippen molar-refractivity contribution in [2.45, 2.75) is 13.0 Å². The lowest BCUT2D eigenvalue weighted by molar-refractivity contribution is -0.149. The monoisotopic (exact) mass is 266 g/mol. The average molecular weight is 266 g/mol. The Morgan fingerprint density at radius 3 is 3.00 bits per heavy atom. The van der Waals surface area contributed by atoms with E-state index in [1.54, 1.807) is 31.1 Å². The van der Waals surface area contributed by atoms with Crippen LogP contribution in [-0.4, -0.2) is 58.8 Å². The number of hydrogen-bond acceptors (Lipinski definition) is 5. The molecule has 0 saturated carbocycles. The average Bonchev–Trinajstić information content (AvgIpc) is 2.84. The van der Waals surface area contributed by atoms with Gasteiger partial charge in [0.25, 0.3) is 5.91 Å². The molecule has 19 heavy (non-hydrogen) atoms. The number of carbonyl (C=O) groups is 2. The zero-order chi connectivity index (χ0) is 13.8. The number of aromatic nitrogens is 2. The Morgan fingerprint density at radius 1 is 1.58 bits per heavy atom. The van der Waals surface area contributed by atoms with E-state index in [0.29, 0.717) is 31.9 Å². The van der Waals surface area contributed by atoms with Crippen molar-refractivity contribution in [3.63, 3.8) is 0 Å². The number of rotatable bonds is 3. The van der Waals surface area contributed by atoms with E-state index in [2.05, 4.69) is 10.4 Å². The van der Waals surface area contributed by atoms with Crippen LogP contribution in [0.15, 0.2) is 12.3 Å². The maximum atomic E-state index is 12.4. The van der Waals surface area contributed by atoms with Crippen molar-refractivity contribution in [3.05, 3.63) is 18.0 Å². The molecule has 2 rings (SSSR count). The number of nitrogens with one attached hydrogen (secondary N) is 1. The molecule has 7 heteroatoms. The van der Waals surface area contributed by atoms with Gasteiger partial charge in [-0.15, -0.1) is 0 Å². The Morgan fingerprint density at radius 2 is 2.37 bits per heavy atom. The smallest absolute Gasteiger partial charge is 0.330 e. The maximum absolute atomic E-state index is 12.4. The Kier molecular flexibility index (Phi) is 4.16. The molecule has 0 spiro atoms. The van der Waals surface area contributed by atoms with Gasteiger partial charge in [0.1, 0.15) is 11.7 Å². The van der Waals surface area contributed by atoms with E-state index in [1.807, 2.05) is 0 Å². The van der Waals surface area contributed by atoms with Gasteiger partial charge in [0.15, 0.2) is 0 Å². The molecule has 1 aromatic rings. The number of amides is 1.